The smallest absolute Gasteiger partial charge is 0.339 e. The van der Waals surface area contributed by atoms with Crippen LogP contribution in [0.25, 0.3) is 11.1 Å². The van der Waals surface area contributed by atoms with Crippen molar-refractivity contribution < 1.29 is 28.2 Å². The maximum absolute atomic E-state index is 14.5. The fourth-order valence-electron chi connectivity index (χ4n) is 4.31. The monoisotopic (exact) mass is 506 g/mol. The zero-order valence-electron chi connectivity index (χ0n) is 22.4. The number of ether oxygens (including phenoxy) is 3. The van der Waals surface area contributed by atoms with Crippen molar-refractivity contribution >= 4 is 11.9 Å². The number of hydrogen-bond donors (Lipinski definition) is 0. The highest BCUT2D eigenvalue weighted by atomic mass is 19.1. The highest BCUT2D eigenvalue weighted by Crippen LogP contribution is 2.43. The molecule has 0 aliphatic rings. The van der Waals surface area contributed by atoms with Gasteiger partial charge in [0, 0.05) is 17.2 Å². The summed E-state index contributed by atoms with van der Waals surface area (Å²) in [5.41, 5.74) is 3.67. The second-order valence-electron chi connectivity index (χ2n) is 9.35. The van der Waals surface area contributed by atoms with Gasteiger partial charge < -0.3 is 14.2 Å². The molecule has 0 aromatic heterocycles. The number of carbonyl (C=O) groups excluding carboxylic acids is 2. The van der Waals surface area contributed by atoms with Gasteiger partial charge in [0.2, 0.25) is 0 Å². The minimum atomic E-state index is -0.555. The summed E-state index contributed by atoms with van der Waals surface area (Å²) in [5.74, 6) is -1.50. The number of esters is 2. The maximum Gasteiger partial charge on any atom is 0.339 e. The molecule has 0 heterocycles. The maximum atomic E-state index is 14.5. The van der Waals surface area contributed by atoms with Crippen LogP contribution >= 0.6 is 0 Å². The Morgan fingerprint density at radius 1 is 0.784 bits per heavy atom. The lowest BCUT2D eigenvalue weighted by molar-refractivity contribution is 0.0525. The van der Waals surface area contributed by atoms with Gasteiger partial charge in [-0.25, -0.2) is 14.0 Å². The summed E-state index contributed by atoms with van der Waals surface area (Å²) in [6.07, 6.45) is 0. The summed E-state index contributed by atoms with van der Waals surface area (Å²) >= 11 is 0. The van der Waals surface area contributed by atoms with Crippen molar-refractivity contribution in [2.45, 2.75) is 60.0 Å². The van der Waals surface area contributed by atoms with Crippen LogP contribution in [0, 0.1) is 5.82 Å². The molecule has 0 N–H and O–H groups in total. The molecule has 3 aromatic rings. The van der Waals surface area contributed by atoms with E-state index in [-0.39, 0.29) is 48.5 Å². The number of hydrogen-bond acceptors (Lipinski definition) is 5. The van der Waals surface area contributed by atoms with Gasteiger partial charge in [-0.05, 0) is 54.5 Å². The Bertz CT molecular complexity index is 1200. The minimum absolute atomic E-state index is 0.0546. The first-order valence-electron chi connectivity index (χ1n) is 12.7. The van der Waals surface area contributed by atoms with Crippen LogP contribution in [0.2, 0.25) is 0 Å². The van der Waals surface area contributed by atoms with Gasteiger partial charge in [0.25, 0.3) is 0 Å². The third-order valence-electron chi connectivity index (χ3n) is 6.04. The largest absolute Gasteiger partial charge is 0.488 e. The van der Waals surface area contributed by atoms with Crippen LogP contribution in [0.15, 0.2) is 54.6 Å². The van der Waals surface area contributed by atoms with Crippen molar-refractivity contribution in [3.8, 4) is 16.9 Å². The van der Waals surface area contributed by atoms with Gasteiger partial charge in [-0.1, -0.05) is 64.1 Å². The molecular formula is C31H35FO5. The molecule has 37 heavy (non-hydrogen) atoms. The summed E-state index contributed by atoms with van der Waals surface area (Å²) in [5, 5.41) is 0. The van der Waals surface area contributed by atoms with Crippen LogP contribution in [-0.2, 0) is 16.1 Å². The van der Waals surface area contributed by atoms with Crippen LogP contribution in [0.1, 0.15) is 90.8 Å². The molecule has 0 amide bonds. The lowest BCUT2D eigenvalue weighted by atomic mass is 9.81. The van der Waals surface area contributed by atoms with Gasteiger partial charge in [-0.15, -0.1) is 0 Å². The molecule has 0 aliphatic heterocycles. The highest BCUT2D eigenvalue weighted by molar-refractivity contribution is 6.09. The van der Waals surface area contributed by atoms with Crippen LogP contribution in [0.4, 0.5) is 4.39 Å². The zero-order valence-corrected chi connectivity index (χ0v) is 22.4. The van der Waals surface area contributed by atoms with Crippen LogP contribution in [0.3, 0.4) is 0 Å². The van der Waals surface area contributed by atoms with Gasteiger partial charge in [0.05, 0.1) is 24.3 Å². The summed E-state index contributed by atoms with van der Waals surface area (Å²) in [7, 11) is 0. The van der Waals surface area contributed by atoms with Gasteiger partial charge in [-0.3, -0.25) is 0 Å². The molecule has 0 unspecified atom stereocenters. The molecule has 3 aromatic carbocycles. The SMILES string of the molecule is CCOC(=O)c1c(C(C)C)cc(C(C)C)c(C(=O)OCC)c1-c1ccc(F)cc1OCc1ccccc1. The molecule has 0 fully saturated rings. The third kappa shape index (κ3) is 6.37. The summed E-state index contributed by atoms with van der Waals surface area (Å²) in [6.45, 7) is 11.9. The third-order valence-corrected chi connectivity index (χ3v) is 6.04. The number of rotatable bonds is 10. The van der Waals surface area contributed by atoms with Crippen molar-refractivity contribution in [2.75, 3.05) is 13.2 Å². The first kappa shape index (κ1) is 27.9. The quantitative estimate of drug-likeness (QED) is 0.264. The Labute approximate surface area is 218 Å². The first-order chi connectivity index (χ1) is 17.7. The van der Waals surface area contributed by atoms with Crippen molar-refractivity contribution in [3.05, 3.63) is 88.2 Å². The van der Waals surface area contributed by atoms with E-state index in [4.69, 9.17) is 14.2 Å². The average Bonchev–Trinajstić information content (AvgIpc) is 2.87. The highest BCUT2D eigenvalue weighted by Gasteiger charge is 2.32. The van der Waals surface area contributed by atoms with E-state index in [0.29, 0.717) is 11.1 Å². The van der Waals surface area contributed by atoms with E-state index in [2.05, 4.69) is 0 Å². The molecule has 0 spiro atoms. The number of benzene rings is 3. The van der Waals surface area contributed by atoms with E-state index in [0.717, 1.165) is 16.7 Å². The second kappa shape index (κ2) is 12.5. The molecule has 5 nitrogen and oxygen atoms in total. The van der Waals surface area contributed by atoms with E-state index in [1.165, 1.54) is 12.1 Å². The van der Waals surface area contributed by atoms with Crippen molar-refractivity contribution in [1.82, 2.24) is 0 Å². The molecular weight excluding hydrogens is 471 g/mol. The van der Waals surface area contributed by atoms with Gasteiger partial charge >= 0.3 is 11.9 Å². The molecule has 0 aliphatic carbocycles. The predicted molar refractivity (Wildman–Crippen MR) is 143 cm³/mol. The standard InChI is InChI=1S/C31H35FO5/c1-7-35-30(33)28-24(19(3)4)17-25(20(5)6)29(31(34)36-8-2)27(28)23-15-14-22(32)16-26(23)37-18-21-12-10-9-11-13-21/h9-17,19-20H,7-8,18H2,1-6H3. The fraction of sp³-hybridized carbons (Fsp3) is 0.355. The summed E-state index contributed by atoms with van der Waals surface area (Å²) < 4.78 is 31.5. The van der Waals surface area contributed by atoms with E-state index >= 15 is 0 Å². The van der Waals surface area contributed by atoms with Crippen molar-refractivity contribution in [1.29, 1.82) is 0 Å². The molecule has 3 rings (SSSR count). The molecule has 196 valence electrons. The number of carbonyl (C=O) groups is 2. The molecule has 0 atom stereocenters. The molecule has 0 saturated heterocycles. The normalized spacial score (nSPS) is 11.1. The molecule has 0 radical (unpaired) electrons. The topological polar surface area (TPSA) is 61.8 Å². The average molecular weight is 507 g/mol. The van der Waals surface area contributed by atoms with Crippen molar-refractivity contribution in [3.63, 3.8) is 0 Å². The molecule has 0 bridgehead atoms. The van der Waals surface area contributed by atoms with E-state index in [1.807, 2.05) is 64.1 Å². The molecule has 0 saturated carbocycles. The lowest BCUT2D eigenvalue weighted by Gasteiger charge is -2.25. The minimum Gasteiger partial charge on any atom is -0.488 e. The van der Waals surface area contributed by atoms with E-state index < -0.39 is 17.8 Å². The Hall–Kier alpha value is -3.67. The fourth-order valence-corrected chi connectivity index (χ4v) is 4.31. The Balaban J connectivity index is 2.40. The van der Waals surface area contributed by atoms with Crippen molar-refractivity contribution in [2.24, 2.45) is 0 Å². The predicted octanol–water partition coefficient (Wildman–Crippen LogP) is 7.67. The Morgan fingerprint density at radius 2 is 1.32 bits per heavy atom. The molecule has 6 heteroatoms. The summed E-state index contributed by atoms with van der Waals surface area (Å²) in [4.78, 5) is 26.9. The summed E-state index contributed by atoms with van der Waals surface area (Å²) in [6, 6.07) is 15.5. The van der Waals surface area contributed by atoms with Gasteiger partial charge in [0.1, 0.15) is 18.2 Å². The van der Waals surface area contributed by atoms with Crippen LogP contribution in [0.5, 0.6) is 5.75 Å². The van der Waals surface area contributed by atoms with Crippen LogP contribution in [-0.4, -0.2) is 25.2 Å². The van der Waals surface area contributed by atoms with Crippen LogP contribution < -0.4 is 4.74 Å². The zero-order chi connectivity index (χ0) is 27.1. The number of halogens is 1. The van der Waals surface area contributed by atoms with Gasteiger partial charge in [0.15, 0.2) is 0 Å². The van der Waals surface area contributed by atoms with Gasteiger partial charge in [-0.2, -0.15) is 0 Å². The first-order valence-corrected chi connectivity index (χ1v) is 12.7. The Kier molecular flexibility index (Phi) is 9.45. The van der Waals surface area contributed by atoms with E-state index in [1.54, 1.807) is 19.9 Å². The van der Waals surface area contributed by atoms with E-state index in [9.17, 15) is 14.0 Å². The second-order valence-corrected chi connectivity index (χ2v) is 9.35. The Morgan fingerprint density at radius 3 is 1.81 bits per heavy atom. The lowest BCUT2D eigenvalue weighted by Crippen LogP contribution is -2.19.